The van der Waals surface area contributed by atoms with Gasteiger partial charge in [0.2, 0.25) is 5.43 Å². The third-order valence-corrected chi connectivity index (χ3v) is 6.80. The van der Waals surface area contributed by atoms with E-state index in [9.17, 15) is 32.7 Å². The number of aryl methyl sites for hydroxylation is 1. The van der Waals surface area contributed by atoms with Crippen LogP contribution in [-0.2, 0) is 12.7 Å². The van der Waals surface area contributed by atoms with Crippen LogP contribution in [0.4, 0.5) is 23.8 Å². The van der Waals surface area contributed by atoms with E-state index in [1.54, 1.807) is 24.5 Å². The van der Waals surface area contributed by atoms with Gasteiger partial charge in [-0.3, -0.25) is 10.1 Å². The van der Waals surface area contributed by atoms with Crippen LogP contribution < -0.4 is 26.5 Å². The number of nitrogens with one attached hydrogen (secondary N) is 2. The van der Waals surface area contributed by atoms with Gasteiger partial charge in [0.15, 0.2) is 5.69 Å². The number of hydrogen-bond acceptors (Lipinski definition) is 8. The highest BCUT2D eigenvalue weighted by atomic mass is 32.1. The molecule has 3 aromatic heterocycles. The minimum Gasteiger partial charge on any atom is -0.492 e. The summed E-state index contributed by atoms with van der Waals surface area (Å²) in [5.41, 5.74) is 4.36. The van der Waals surface area contributed by atoms with Crippen molar-refractivity contribution in [2.45, 2.75) is 26.6 Å². The van der Waals surface area contributed by atoms with Crippen molar-refractivity contribution in [3.63, 3.8) is 0 Å². The van der Waals surface area contributed by atoms with Gasteiger partial charge in [-0.2, -0.15) is 13.2 Å². The molecule has 15 heteroatoms. The van der Waals surface area contributed by atoms with Crippen LogP contribution in [0.15, 0.2) is 40.8 Å². The average molecular weight is 591 g/mol. The molecule has 4 aromatic rings. The van der Waals surface area contributed by atoms with Crippen LogP contribution in [-0.4, -0.2) is 51.3 Å². The van der Waals surface area contributed by atoms with Crippen molar-refractivity contribution < 1.29 is 32.6 Å². The van der Waals surface area contributed by atoms with Gasteiger partial charge in [-0.25, -0.2) is 19.6 Å². The number of alkyl halides is 3. The number of aromatic nitrogens is 3. The van der Waals surface area contributed by atoms with Crippen LogP contribution in [0.25, 0.3) is 32.6 Å². The topological polar surface area (TPSA) is 161 Å². The Morgan fingerprint density at radius 2 is 1.93 bits per heavy atom. The number of carbonyl (C=O) groups is 2. The molecule has 0 bridgehead atoms. The number of carboxylic acids is 1. The van der Waals surface area contributed by atoms with Crippen molar-refractivity contribution in [3.05, 3.63) is 57.5 Å². The maximum absolute atomic E-state index is 13.4. The van der Waals surface area contributed by atoms with E-state index in [-0.39, 0.29) is 51.8 Å². The van der Waals surface area contributed by atoms with Crippen LogP contribution in [0.5, 0.6) is 5.75 Å². The Kier molecular flexibility index (Phi) is 8.58. The molecule has 0 spiro atoms. The van der Waals surface area contributed by atoms with E-state index in [4.69, 9.17) is 10.5 Å². The fraction of sp³-hybridized carbons (Fsp3) is 0.269. The standard InChI is InChI=1S/C26H25F3N6O5S/c1-3-31-25(39)34-21-8-14(23-33-20(12-41-23)26(27,28)29)16(10-32-21)13-7-15-18(9-19(13)40-6-5-30)35(4-2)11-17(22(15)36)24(37)38/h7-12H,3-6,30H2,1-2H3,(H,37,38)(H2,31,32,34,39). The second-order valence-electron chi connectivity index (χ2n) is 8.60. The van der Waals surface area contributed by atoms with Gasteiger partial charge >= 0.3 is 18.2 Å². The first kappa shape index (κ1) is 29.5. The van der Waals surface area contributed by atoms with E-state index in [0.717, 1.165) is 16.7 Å². The number of fused-ring (bicyclic) bond motifs is 1. The molecule has 0 radical (unpaired) electrons. The van der Waals surface area contributed by atoms with Crippen molar-refractivity contribution in [2.24, 2.45) is 5.73 Å². The monoisotopic (exact) mass is 590 g/mol. The molecule has 1 aromatic carbocycles. The number of anilines is 1. The number of nitrogens with two attached hydrogens (primary N) is 1. The molecule has 11 nitrogen and oxygen atoms in total. The number of carbonyl (C=O) groups excluding carboxylic acids is 1. The summed E-state index contributed by atoms with van der Waals surface area (Å²) in [6, 6.07) is 3.74. The molecule has 5 N–H and O–H groups in total. The highest BCUT2D eigenvalue weighted by Gasteiger charge is 2.34. The first-order valence-electron chi connectivity index (χ1n) is 12.3. The third kappa shape index (κ3) is 6.15. The van der Waals surface area contributed by atoms with E-state index in [2.05, 4.69) is 20.6 Å². The van der Waals surface area contributed by atoms with Gasteiger partial charge in [0.05, 0.1) is 5.52 Å². The predicted molar refractivity (Wildman–Crippen MR) is 147 cm³/mol. The molecular weight excluding hydrogens is 565 g/mol. The molecule has 2 amide bonds. The zero-order valence-electron chi connectivity index (χ0n) is 21.8. The minimum absolute atomic E-state index is 0.0326. The normalized spacial score (nSPS) is 11.5. The van der Waals surface area contributed by atoms with Crippen LogP contribution in [0.3, 0.4) is 0 Å². The van der Waals surface area contributed by atoms with Crippen LogP contribution in [0.1, 0.15) is 29.9 Å². The van der Waals surface area contributed by atoms with Crippen LogP contribution in [0.2, 0.25) is 0 Å². The largest absolute Gasteiger partial charge is 0.492 e. The first-order valence-corrected chi connectivity index (χ1v) is 13.2. The summed E-state index contributed by atoms with van der Waals surface area (Å²) >= 11 is 0.728. The van der Waals surface area contributed by atoms with E-state index >= 15 is 0 Å². The zero-order chi connectivity index (χ0) is 29.9. The zero-order valence-corrected chi connectivity index (χ0v) is 22.7. The van der Waals surface area contributed by atoms with Crippen molar-refractivity contribution in [2.75, 3.05) is 25.0 Å². The Labute approximate surface area is 234 Å². The number of amides is 2. The third-order valence-electron chi connectivity index (χ3n) is 5.93. The van der Waals surface area contributed by atoms with Gasteiger partial charge in [-0.15, -0.1) is 11.3 Å². The first-order chi connectivity index (χ1) is 19.5. The second-order valence-corrected chi connectivity index (χ2v) is 9.46. The Balaban J connectivity index is 2.03. The molecular formula is C26H25F3N6O5S. The number of pyridine rings is 2. The molecule has 4 rings (SSSR count). The van der Waals surface area contributed by atoms with Gasteiger partial charge in [-0.1, -0.05) is 0 Å². The summed E-state index contributed by atoms with van der Waals surface area (Å²) in [7, 11) is 0. The number of benzene rings is 1. The van der Waals surface area contributed by atoms with Crippen molar-refractivity contribution in [1.29, 1.82) is 0 Å². The lowest BCUT2D eigenvalue weighted by Gasteiger charge is -2.18. The highest BCUT2D eigenvalue weighted by Crippen LogP contribution is 2.42. The lowest BCUT2D eigenvalue weighted by molar-refractivity contribution is -0.140. The predicted octanol–water partition coefficient (Wildman–Crippen LogP) is 4.40. The molecule has 3 heterocycles. The van der Waals surface area contributed by atoms with Gasteiger partial charge < -0.3 is 25.5 Å². The number of carboxylic acid groups (broad SMARTS) is 1. The average Bonchev–Trinajstić information content (AvgIpc) is 3.43. The summed E-state index contributed by atoms with van der Waals surface area (Å²) < 4.78 is 47.7. The smallest absolute Gasteiger partial charge is 0.434 e. The lowest BCUT2D eigenvalue weighted by Crippen LogP contribution is -2.28. The Hall–Kier alpha value is -4.50. The Bertz CT molecular complexity index is 1680. The number of halogens is 3. The van der Waals surface area contributed by atoms with E-state index in [0.29, 0.717) is 18.6 Å². The number of nitrogens with zero attached hydrogens (tertiary/aromatic N) is 3. The van der Waals surface area contributed by atoms with Gasteiger partial charge in [-0.05, 0) is 26.0 Å². The summed E-state index contributed by atoms with van der Waals surface area (Å²) in [6.45, 7) is 4.34. The molecule has 0 aliphatic heterocycles. The van der Waals surface area contributed by atoms with Gasteiger partial charge in [0.25, 0.3) is 0 Å². The SMILES string of the molecule is CCNC(=O)Nc1cc(-c2nc(C(F)(F)F)cs2)c(-c2cc3c(=O)c(C(=O)O)cn(CC)c3cc2OCCN)cn1. The molecule has 0 aliphatic rings. The maximum atomic E-state index is 13.4. The number of hydrogen-bond donors (Lipinski definition) is 4. The summed E-state index contributed by atoms with van der Waals surface area (Å²) in [5.74, 6) is -1.15. The molecule has 41 heavy (non-hydrogen) atoms. The molecule has 0 atom stereocenters. The van der Waals surface area contributed by atoms with Gasteiger partial charge in [0.1, 0.15) is 28.7 Å². The lowest BCUT2D eigenvalue weighted by atomic mass is 9.98. The van der Waals surface area contributed by atoms with Crippen molar-refractivity contribution >= 4 is 40.1 Å². The molecule has 216 valence electrons. The molecule has 0 aliphatic carbocycles. The Morgan fingerprint density at radius 3 is 2.54 bits per heavy atom. The van der Waals surface area contributed by atoms with Crippen LogP contribution in [0, 0.1) is 0 Å². The number of urea groups is 1. The minimum atomic E-state index is -4.69. The number of rotatable bonds is 9. The van der Waals surface area contributed by atoms with E-state index < -0.39 is 34.9 Å². The van der Waals surface area contributed by atoms with E-state index in [1.165, 1.54) is 24.5 Å². The van der Waals surface area contributed by atoms with Crippen molar-refractivity contribution in [3.8, 4) is 27.4 Å². The molecule has 0 unspecified atom stereocenters. The Morgan fingerprint density at radius 1 is 1.17 bits per heavy atom. The summed E-state index contributed by atoms with van der Waals surface area (Å²) in [5, 5.41) is 15.5. The quantitative estimate of drug-likeness (QED) is 0.223. The second kappa shape index (κ2) is 11.9. The summed E-state index contributed by atoms with van der Waals surface area (Å²) in [6.07, 6.45) is -2.15. The fourth-order valence-corrected chi connectivity index (χ4v) is 4.95. The maximum Gasteiger partial charge on any atom is 0.434 e. The van der Waals surface area contributed by atoms with Gasteiger partial charge in [0, 0.05) is 65.6 Å². The highest BCUT2D eigenvalue weighted by molar-refractivity contribution is 7.13. The van der Waals surface area contributed by atoms with Crippen LogP contribution >= 0.6 is 11.3 Å². The number of thiazole rings is 1. The number of aromatic carboxylic acids is 1. The summed E-state index contributed by atoms with van der Waals surface area (Å²) in [4.78, 5) is 45.1. The fourth-order valence-electron chi connectivity index (χ4n) is 4.09. The van der Waals surface area contributed by atoms with Crippen molar-refractivity contribution in [1.82, 2.24) is 19.9 Å². The number of ether oxygens (including phenoxy) is 1. The van der Waals surface area contributed by atoms with E-state index in [1.807, 2.05) is 0 Å². The molecule has 0 saturated carbocycles. The molecule has 0 fully saturated rings. The molecule has 0 saturated heterocycles.